The van der Waals surface area contributed by atoms with E-state index in [-0.39, 0.29) is 47.6 Å². The molecule has 0 saturated heterocycles. The number of carbonyl (C=O) groups is 4. The van der Waals surface area contributed by atoms with Crippen LogP contribution in [0.2, 0.25) is 0 Å². The molecule has 0 aliphatic carbocycles. The molecule has 0 aromatic rings. The molecule has 0 heterocycles. The third-order valence-corrected chi connectivity index (χ3v) is 11.7. The summed E-state index contributed by atoms with van der Waals surface area (Å²) in [6.45, 7) is 8.73. The molecule has 0 fully saturated rings. The molecule has 288 valence electrons. The molecule has 0 spiro atoms. The van der Waals surface area contributed by atoms with E-state index in [1.165, 1.54) is 102 Å². The molecular formula is C37H70N2O7S3. The summed E-state index contributed by atoms with van der Waals surface area (Å²) < 4.78 is 15.4. The Morgan fingerprint density at radius 1 is 0.612 bits per heavy atom. The van der Waals surface area contributed by atoms with Crippen LogP contribution >= 0.6 is 35.3 Å². The zero-order valence-corrected chi connectivity index (χ0v) is 33.7. The fourth-order valence-electron chi connectivity index (χ4n) is 5.19. The number of rotatable bonds is 34. The van der Waals surface area contributed by atoms with Crippen molar-refractivity contribution in [3.63, 3.8) is 0 Å². The van der Waals surface area contributed by atoms with Gasteiger partial charge in [0, 0.05) is 34.2 Å². The molecule has 0 aromatic carbocycles. The number of carbonyl (C=O) groups excluding carboxylic acids is 4. The lowest BCUT2D eigenvalue weighted by atomic mass is 10.0. The first kappa shape index (κ1) is 48.0. The van der Waals surface area contributed by atoms with Gasteiger partial charge in [0.2, 0.25) is 0 Å². The SMILES string of the molecule is CCCCCCCCCCCCCCCCCCOC(=O)CCSC(=O)CC(CC(C)SCC(N)C(=O)OCC)SCC(N)C(=O)OCC. The Kier molecular flexibility index (Phi) is 33.5. The van der Waals surface area contributed by atoms with Crippen LogP contribution in [0.4, 0.5) is 0 Å². The van der Waals surface area contributed by atoms with E-state index in [9.17, 15) is 19.2 Å². The summed E-state index contributed by atoms with van der Waals surface area (Å²) in [7, 11) is 0. The second-order valence-corrected chi connectivity index (χ2v) is 16.7. The molecule has 0 amide bonds. The van der Waals surface area contributed by atoms with Crippen molar-refractivity contribution in [3.8, 4) is 0 Å². The number of ether oxygens (including phenoxy) is 3. The molecule has 12 heteroatoms. The highest BCUT2D eigenvalue weighted by atomic mass is 32.2. The summed E-state index contributed by atoms with van der Waals surface area (Å²) in [6.07, 6.45) is 21.9. The normalized spacial score (nSPS) is 13.8. The van der Waals surface area contributed by atoms with Crippen molar-refractivity contribution >= 4 is 58.3 Å². The Morgan fingerprint density at radius 2 is 1.06 bits per heavy atom. The first-order valence-corrected chi connectivity index (χ1v) is 22.1. The molecule has 0 aliphatic rings. The lowest BCUT2D eigenvalue weighted by molar-refractivity contribution is -0.144. The van der Waals surface area contributed by atoms with E-state index in [1.807, 2.05) is 6.92 Å². The minimum Gasteiger partial charge on any atom is -0.466 e. The van der Waals surface area contributed by atoms with Crippen molar-refractivity contribution in [2.24, 2.45) is 11.5 Å². The van der Waals surface area contributed by atoms with Crippen LogP contribution in [0.25, 0.3) is 0 Å². The lowest BCUT2D eigenvalue weighted by Crippen LogP contribution is -2.36. The summed E-state index contributed by atoms with van der Waals surface area (Å²) in [5, 5.41) is -0.00834. The van der Waals surface area contributed by atoms with Crippen LogP contribution in [0.15, 0.2) is 0 Å². The van der Waals surface area contributed by atoms with E-state index < -0.39 is 24.0 Å². The predicted molar refractivity (Wildman–Crippen MR) is 209 cm³/mol. The van der Waals surface area contributed by atoms with Crippen molar-refractivity contribution in [1.29, 1.82) is 0 Å². The Morgan fingerprint density at radius 3 is 1.53 bits per heavy atom. The third kappa shape index (κ3) is 30.4. The van der Waals surface area contributed by atoms with Crippen LogP contribution in [-0.2, 0) is 33.4 Å². The highest BCUT2D eigenvalue weighted by Crippen LogP contribution is 2.28. The Balaban J connectivity index is 4.18. The lowest BCUT2D eigenvalue weighted by Gasteiger charge is -2.22. The number of hydrogen-bond acceptors (Lipinski definition) is 12. The average molecular weight is 751 g/mol. The maximum absolute atomic E-state index is 12.8. The van der Waals surface area contributed by atoms with E-state index in [0.717, 1.165) is 24.6 Å². The quantitative estimate of drug-likeness (QED) is 0.0371. The Hall–Kier alpha value is -0.950. The zero-order chi connectivity index (χ0) is 36.5. The summed E-state index contributed by atoms with van der Waals surface area (Å²) in [4.78, 5) is 48.9. The summed E-state index contributed by atoms with van der Waals surface area (Å²) in [5.41, 5.74) is 11.9. The Labute approximate surface area is 311 Å². The molecule has 0 rings (SSSR count). The molecule has 9 nitrogen and oxygen atoms in total. The summed E-state index contributed by atoms with van der Waals surface area (Å²) >= 11 is 4.15. The summed E-state index contributed by atoms with van der Waals surface area (Å²) in [5.74, 6) is -0.0547. The monoisotopic (exact) mass is 750 g/mol. The number of hydrogen-bond donors (Lipinski definition) is 2. The first-order chi connectivity index (χ1) is 23.6. The van der Waals surface area contributed by atoms with Crippen LogP contribution in [0.3, 0.4) is 0 Å². The third-order valence-electron chi connectivity index (χ3n) is 8.07. The molecule has 0 radical (unpaired) electrons. The van der Waals surface area contributed by atoms with E-state index in [0.29, 0.717) is 30.3 Å². The maximum Gasteiger partial charge on any atom is 0.323 e. The van der Waals surface area contributed by atoms with Gasteiger partial charge in [-0.1, -0.05) is 122 Å². The number of esters is 3. The first-order valence-electron chi connectivity index (χ1n) is 19.0. The molecule has 4 N–H and O–H groups in total. The molecule has 0 saturated carbocycles. The minimum absolute atomic E-state index is 0.0202. The van der Waals surface area contributed by atoms with Crippen molar-refractivity contribution in [2.45, 2.75) is 172 Å². The van der Waals surface area contributed by atoms with Gasteiger partial charge in [-0.3, -0.25) is 19.2 Å². The largest absolute Gasteiger partial charge is 0.466 e. The topological polar surface area (TPSA) is 148 Å². The van der Waals surface area contributed by atoms with Gasteiger partial charge in [0.1, 0.15) is 12.1 Å². The van der Waals surface area contributed by atoms with Crippen LogP contribution in [0.5, 0.6) is 0 Å². The molecule has 0 aliphatic heterocycles. The smallest absolute Gasteiger partial charge is 0.323 e. The molecular weight excluding hydrogens is 681 g/mol. The maximum atomic E-state index is 12.8. The van der Waals surface area contributed by atoms with Crippen molar-refractivity contribution in [1.82, 2.24) is 0 Å². The molecule has 4 unspecified atom stereocenters. The van der Waals surface area contributed by atoms with Gasteiger partial charge < -0.3 is 25.7 Å². The van der Waals surface area contributed by atoms with Gasteiger partial charge >= 0.3 is 17.9 Å². The highest BCUT2D eigenvalue weighted by molar-refractivity contribution is 8.13. The van der Waals surface area contributed by atoms with Gasteiger partial charge in [0.15, 0.2) is 5.12 Å². The van der Waals surface area contributed by atoms with Crippen LogP contribution in [0.1, 0.15) is 150 Å². The second-order valence-electron chi connectivity index (χ2n) is 12.8. The number of nitrogens with two attached hydrogens (primary N) is 2. The van der Waals surface area contributed by atoms with Crippen molar-refractivity contribution < 1.29 is 33.4 Å². The fraction of sp³-hybridized carbons (Fsp3) is 0.892. The second kappa shape index (κ2) is 34.2. The molecule has 4 atom stereocenters. The van der Waals surface area contributed by atoms with Crippen LogP contribution in [-0.4, -0.2) is 82.7 Å². The van der Waals surface area contributed by atoms with Crippen LogP contribution < -0.4 is 11.5 Å². The van der Waals surface area contributed by atoms with E-state index >= 15 is 0 Å². The molecule has 0 bridgehead atoms. The van der Waals surface area contributed by atoms with Crippen molar-refractivity contribution in [2.75, 3.05) is 37.1 Å². The van der Waals surface area contributed by atoms with Crippen LogP contribution in [0, 0.1) is 0 Å². The molecule has 0 aromatic heterocycles. The van der Waals surface area contributed by atoms with E-state index in [2.05, 4.69) is 6.92 Å². The average Bonchev–Trinajstić information content (AvgIpc) is 3.07. The fourth-order valence-corrected chi connectivity index (χ4v) is 8.58. The standard InChI is InChI=1S/C37H70N2O7S3/c1-5-8-9-10-11-12-13-14-15-16-17-18-19-20-21-22-24-46-34(40)23-25-47-35(41)27-31(49-29-33(39)37(43)45-7-3)26-30(4)48-28-32(38)36(42)44-6-2/h30-33H,5-29,38-39H2,1-4H3. The molecule has 49 heavy (non-hydrogen) atoms. The minimum atomic E-state index is -0.778. The van der Waals surface area contributed by atoms with Gasteiger partial charge in [-0.15, -0.1) is 0 Å². The van der Waals surface area contributed by atoms with E-state index in [4.69, 9.17) is 25.7 Å². The van der Waals surface area contributed by atoms with Gasteiger partial charge in [0.05, 0.1) is 26.2 Å². The van der Waals surface area contributed by atoms with Gasteiger partial charge in [-0.25, -0.2) is 0 Å². The number of unbranched alkanes of at least 4 members (excludes halogenated alkanes) is 15. The predicted octanol–water partition coefficient (Wildman–Crippen LogP) is 8.23. The Bertz CT molecular complexity index is 853. The van der Waals surface area contributed by atoms with Crippen molar-refractivity contribution in [3.05, 3.63) is 0 Å². The van der Waals surface area contributed by atoms with E-state index in [1.54, 1.807) is 25.6 Å². The zero-order valence-electron chi connectivity index (χ0n) is 31.2. The number of thioether (sulfide) groups is 3. The van der Waals surface area contributed by atoms with Gasteiger partial charge in [-0.2, -0.15) is 23.5 Å². The summed E-state index contributed by atoms with van der Waals surface area (Å²) in [6, 6.07) is -1.49. The van der Waals surface area contributed by atoms with Gasteiger partial charge in [0.25, 0.3) is 0 Å². The highest BCUT2D eigenvalue weighted by Gasteiger charge is 2.24. The van der Waals surface area contributed by atoms with Gasteiger partial charge in [-0.05, 0) is 26.7 Å².